The van der Waals surface area contributed by atoms with Crippen molar-refractivity contribution in [1.82, 2.24) is 4.98 Å². The van der Waals surface area contributed by atoms with Gasteiger partial charge in [0.05, 0.1) is 11.9 Å². The summed E-state index contributed by atoms with van der Waals surface area (Å²) >= 11 is 4.91. The van der Waals surface area contributed by atoms with Crippen molar-refractivity contribution < 1.29 is 13.2 Å². The molecule has 6 nitrogen and oxygen atoms in total. The molecule has 1 amide bonds. The van der Waals surface area contributed by atoms with Crippen molar-refractivity contribution in [3.63, 3.8) is 0 Å². The van der Waals surface area contributed by atoms with Crippen LogP contribution in [0.2, 0.25) is 0 Å². The van der Waals surface area contributed by atoms with Crippen LogP contribution in [-0.2, 0) is 16.4 Å². The lowest BCUT2D eigenvalue weighted by atomic mass is 10.1. The van der Waals surface area contributed by atoms with Crippen molar-refractivity contribution in [3.05, 3.63) is 74.2 Å². The third kappa shape index (κ3) is 5.88. The molecule has 9 heteroatoms. The number of thiazole rings is 1. The summed E-state index contributed by atoms with van der Waals surface area (Å²) in [5, 5.41) is 3.28. The highest BCUT2D eigenvalue weighted by atomic mass is 79.9. The zero-order valence-electron chi connectivity index (χ0n) is 16.1. The van der Waals surface area contributed by atoms with Crippen LogP contribution in [0, 0.1) is 13.8 Å². The summed E-state index contributed by atoms with van der Waals surface area (Å²) in [5.41, 5.74) is 3.79. The predicted molar refractivity (Wildman–Crippen MR) is 121 cm³/mol. The zero-order valence-corrected chi connectivity index (χ0v) is 19.3. The van der Waals surface area contributed by atoms with Crippen molar-refractivity contribution in [2.75, 3.05) is 16.3 Å². The van der Waals surface area contributed by atoms with Crippen LogP contribution in [0.4, 0.5) is 10.8 Å². The number of sulfonamides is 1. The van der Waals surface area contributed by atoms with E-state index in [0.29, 0.717) is 16.4 Å². The first-order valence-electron chi connectivity index (χ1n) is 8.70. The molecule has 3 rings (SSSR count). The second-order valence-corrected chi connectivity index (χ2v) is 10.5. The third-order valence-corrected chi connectivity index (χ3v) is 6.56. The Bertz CT molecular complexity index is 1170. The van der Waals surface area contributed by atoms with Gasteiger partial charge in [-0.2, -0.15) is 0 Å². The number of benzene rings is 2. The van der Waals surface area contributed by atoms with Crippen LogP contribution in [0.15, 0.2) is 47.1 Å². The average Bonchev–Trinajstić information content (AvgIpc) is 3.05. The molecule has 0 spiro atoms. The summed E-state index contributed by atoms with van der Waals surface area (Å²) in [4.78, 5) is 17.9. The van der Waals surface area contributed by atoms with E-state index in [1.54, 1.807) is 25.3 Å². The fraction of sp³-hybridized carbons (Fsp3) is 0.200. The number of hydrogen-bond acceptors (Lipinski definition) is 5. The monoisotopic (exact) mass is 493 g/mol. The minimum atomic E-state index is -3.43. The Hall–Kier alpha value is -2.23. The molecule has 0 aliphatic carbocycles. The van der Waals surface area contributed by atoms with Crippen molar-refractivity contribution in [1.29, 1.82) is 0 Å². The zero-order chi connectivity index (χ0) is 21.2. The van der Waals surface area contributed by atoms with Gasteiger partial charge in [0, 0.05) is 27.5 Å². The van der Waals surface area contributed by atoms with Crippen LogP contribution in [-0.4, -0.2) is 25.6 Å². The van der Waals surface area contributed by atoms with E-state index in [-0.39, 0.29) is 5.91 Å². The lowest BCUT2D eigenvalue weighted by Crippen LogP contribution is -2.14. The molecule has 0 unspecified atom stereocenters. The normalized spacial score (nSPS) is 11.3. The van der Waals surface area contributed by atoms with E-state index in [1.807, 2.05) is 13.0 Å². The number of aromatic nitrogens is 1. The highest BCUT2D eigenvalue weighted by Gasteiger charge is 2.13. The van der Waals surface area contributed by atoms with E-state index in [4.69, 9.17) is 0 Å². The summed E-state index contributed by atoms with van der Waals surface area (Å²) in [7, 11) is -3.43. The predicted octanol–water partition coefficient (Wildman–Crippen LogP) is 4.74. The van der Waals surface area contributed by atoms with Crippen LogP contribution in [0.3, 0.4) is 0 Å². The standard InChI is InChI=1S/C20H20BrN3O3S2/c1-12-4-6-15(10-18(12)24-29(3,26)27)19(25)23-20-22-11-16(28-20)9-14-5-7-17(21)13(2)8-14/h4-8,10-11,24H,9H2,1-3H3,(H,22,23,25). The van der Waals surface area contributed by atoms with Crippen molar-refractivity contribution in [2.24, 2.45) is 0 Å². The van der Waals surface area contributed by atoms with Gasteiger partial charge in [0.1, 0.15) is 0 Å². The second-order valence-electron chi connectivity index (χ2n) is 6.75. The molecule has 0 fully saturated rings. The molecule has 1 aromatic heterocycles. The van der Waals surface area contributed by atoms with Crippen LogP contribution >= 0.6 is 27.3 Å². The quantitative estimate of drug-likeness (QED) is 0.519. The maximum atomic E-state index is 12.6. The minimum absolute atomic E-state index is 0.345. The van der Waals surface area contributed by atoms with E-state index in [9.17, 15) is 13.2 Å². The van der Waals surface area contributed by atoms with Gasteiger partial charge >= 0.3 is 0 Å². The summed E-state index contributed by atoms with van der Waals surface area (Å²) in [5.74, 6) is -0.345. The Labute approximate surface area is 182 Å². The molecule has 0 aliphatic rings. The molecule has 29 heavy (non-hydrogen) atoms. The second kappa shape index (κ2) is 8.64. The van der Waals surface area contributed by atoms with Gasteiger partial charge < -0.3 is 0 Å². The van der Waals surface area contributed by atoms with Gasteiger partial charge in [0.2, 0.25) is 10.0 Å². The Morgan fingerprint density at radius 2 is 1.90 bits per heavy atom. The van der Waals surface area contributed by atoms with Gasteiger partial charge in [-0.25, -0.2) is 13.4 Å². The van der Waals surface area contributed by atoms with Gasteiger partial charge in [-0.1, -0.05) is 34.1 Å². The Morgan fingerprint density at radius 1 is 1.14 bits per heavy atom. The van der Waals surface area contributed by atoms with E-state index < -0.39 is 10.0 Å². The molecule has 0 bridgehead atoms. The van der Waals surface area contributed by atoms with Crippen LogP contribution in [0.5, 0.6) is 0 Å². The van der Waals surface area contributed by atoms with Gasteiger partial charge in [0.25, 0.3) is 5.91 Å². The summed E-state index contributed by atoms with van der Waals surface area (Å²) in [6.45, 7) is 3.81. The van der Waals surface area contributed by atoms with Gasteiger partial charge in [-0.3, -0.25) is 14.8 Å². The molecule has 2 N–H and O–H groups in total. The van der Waals surface area contributed by atoms with Crippen LogP contribution in [0.25, 0.3) is 0 Å². The lowest BCUT2D eigenvalue weighted by molar-refractivity contribution is 0.102. The number of anilines is 2. The summed E-state index contributed by atoms with van der Waals surface area (Å²) in [6.07, 6.45) is 3.56. The lowest BCUT2D eigenvalue weighted by Gasteiger charge is -2.09. The number of amides is 1. The number of carbonyl (C=O) groups is 1. The fourth-order valence-electron chi connectivity index (χ4n) is 2.71. The van der Waals surface area contributed by atoms with E-state index in [0.717, 1.165) is 27.6 Å². The van der Waals surface area contributed by atoms with Crippen molar-refractivity contribution in [3.8, 4) is 0 Å². The molecular weight excluding hydrogens is 474 g/mol. The molecule has 0 saturated heterocycles. The van der Waals surface area contributed by atoms with Gasteiger partial charge in [-0.05, 0) is 48.7 Å². The highest BCUT2D eigenvalue weighted by molar-refractivity contribution is 9.10. The van der Waals surface area contributed by atoms with E-state index >= 15 is 0 Å². The van der Waals surface area contributed by atoms with Crippen molar-refractivity contribution >= 4 is 54.0 Å². The maximum absolute atomic E-state index is 12.6. The SMILES string of the molecule is Cc1cc(Cc2cnc(NC(=O)c3ccc(C)c(NS(C)(=O)=O)c3)s2)ccc1Br. The van der Waals surface area contributed by atoms with Gasteiger partial charge in [-0.15, -0.1) is 11.3 Å². The number of hydrogen-bond donors (Lipinski definition) is 2. The van der Waals surface area contributed by atoms with Gasteiger partial charge in [0.15, 0.2) is 5.13 Å². The molecule has 3 aromatic rings. The Morgan fingerprint density at radius 3 is 2.59 bits per heavy atom. The van der Waals surface area contributed by atoms with Crippen LogP contribution < -0.4 is 10.0 Å². The Balaban J connectivity index is 1.71. The largest absolute Gasteiger partial charge is 0.298 e. The number of aryl methyl sites for hydroxylation is 2. The molecule has 0 aliphatic heterocycles. The smallest absolute Gasteiger partial charge is 0.257 e. The van der Waals surface area contributed by atoms with E-state index in [1.165, 1.54) is 28.5 Å². The van der Waals surface area contributed by atoms with Crippen molar-refractivity contribution in [2.45, 2.75) is 20.3 Å². The fourth-order valence-corrected chi connectivity index (χ4v) is 4.41. The first-order chi connectivity index (χ1) is 13.6. The summed E-state index contributed by atoms with van der Waals surface area (Å²) < 4.78 is 26.5. The summed E-state index contributed by atoms with van der Waals surface area (Å²) in [6, 6.07) is 11.1. The molecule has 0 saturated carbocycles. The molecule has 1 heterocycles. The number of nitrogens with one attached hydrogen (secondary N) is 2. The molecule has 0 radical (unpaired) electrons. The Kier molecular flexibility index (Phi) is 6.40. The number of rotatable bonds is 6. The number of carbonyl (C=O) groups excluding carboxylic acids is 1. The highest BCUT2D eigenvalue weighted by Crippen LogP contribution is 2.25. The minimum Gasteiger partial charge on any atom is -0.298 e. The molecular formula is C20H20BrN3O3S2. The topological polar surface area (TPSA) is 88.2 Å². The van der Waals surface area contributed by atoms with E-state index in [2.05, 4.69) is 43.1 Å². The average molecular weight is 494 g/mol. The first-order valence-corrected chi connectivity index (χ1v) is 12.2. The first kappa shape index (κ1) is 21.5. The molecule has 2 aromatic carbocycles. The van der Waals surface area contributed by atoms with Crippen LogP contribution in [0.1, 0.15) is 31.9 Å². The number of halogens is 1. The maximum Gasteiger partial charge on any atom is 0.257 e. The molecule has 152 valence electrons. The molecule has 0 atom stereocenters. The third-order valence-electron chi connectivity index (χ3n) is 4.17. The number of nitrogens with zero attached hydrogens (tertiary/aromatic N) is 1.